The lowest BCUT2D eigenvalue weighted by Gasteiger charge is -2.23. The molecule has 1 aromatic heterocycles. The molecule has 0 atom stereocenters. The maximum absolute atomic E-state index is 13.0. The van der Waals surface area contributed by atoms with Gasteiger partial charge in [-0.25, -0.2) is 0 Å². The Hall–Kier alpha value is -2.23. The van der Waals surface area contributed by atoms with Crippen molar-refractivity contribution in [3.63, 3.8) is 0 Å². The average Bonchev–Trinajstić information content (AvgIpc) is 3.24. The molecule has 2 aromatic rings. The zero-order valence-corrected chi connectivity index (χ0v) is 14.9. The van der Waals surface area contributed by atoms with E-state index in [0.717, 1.165) is 38.1 Å². The van der Waals surface area contributed by atoms with Crippen molar-refractivity contribution in [1.29, 1.82) is 0 Å². The Morgan fingerprint density at radius 1 is 1.31 bits per heavy atom. The number of amides is 1. The largest absolute Gasteiger partial charge is 0.416 e. The molecular weight excluding hydrogens is 367 g/mol. The van der Waals surface area contributed by atoms with Gasteiger partial charge in [-0.05, 0) is 31.0 Å². The zero-order valence-electron chi connectivity index (χ0n) is 14.1. The molecule has 0 aliphatic carbocycles. The first-order valence-electron chi connectivity index (χ1n) is 8.07. The first-order chi connectivity index (χ1) is 12.3. The molecule has 140 valence electrons. The van der Waals surface area contributed by atoms with Crippen molar-refractivity contribution in [1.82, 2.24) is 14.8 Å². The highest BCUT2D eigenvalue weighted by Gasteiger charge is 2.32. The number of aryl methyl sites for hydroxylation is 1. The lowest BCUT2D eigenvalue weighted by atomic mass is 10.1. The molecule has 10 heteroatoms. The monoisotopic (exact) mass is 385 g/mol. The lowest BCUT2D eigenvalue weighted by Crippen LogP contribution is -2.22. The molecule has 1 fully saturated rings. The molecule has 1 aromatic carbocycles. The third-order valence-electron chi connectivity index (χ3n) is 4.05. The number of hydrogen-bond donors (Lipinski definition) is 1. The first kappa shape index (κ1) is 18.6. The number of hydrogen-bond acceptors (Lipinski definition) is 5. The van der Waals surface area contributed by atoms with Gasteiger partial charge in [0.15, 0.2) is 5.16 Å². The van der Waals surface area contributed by atoms with E-state index in [1.54, 1.807) is 11.6 Å². The maximum atomic E-state index is 13.0. The molecule has 0 unspecified atom stereocenters. The van der Waals surface area contributed by atoms with E-state index < -0.39 is 17.6 Å². The smallest absolute Gasteiger partial charge is 0.370 e. The summed E-state index contributed by atoms with van der Waals surface area (Å²) >= 11 is 1.17. The Bertz CT molecular complexity index is 786. The molecule has 6 nitrogen and oxygen atoms in total. The summed E-state index contributed by atoms with van der Waals surface area (Å²) in [6.07, 6.45) is -0.984. The van der Waals surface area contributed by atoms with Gasteiger partial charge in [0.05, 0.1) is 22.7 Å². The molecule has 0 saturated carbocycles. The van der Waals surface area contributed by atoms with Gasteiger partial charge in [0.1, 0.15) is 6.33 Å². The molecule has 0 radical (unpaired) electrons. The fraction of sp³-hybridized carbons (Fsp3) is 0.438. The minimum Gasteiger partial charge on any atom is -0.370 e. The van der Waals surface area contributed by atoms with Crippen LogP contribution in [0.5, 0.6) is 0 Å². The van der Waals surface area contributed by atoms with E-state index in [0.29, 0.717) is 10.8 Å². The summed E-state index contributed by atoms with van der Waals surface area (Å²) in [5.41, 5.74) is 0.0227. The predicted molar refractivity (Wildman–Crippen MR) is 93.2 cm³/mol. The number of nitrogens with zero attached hydrogens (tertiary/aromatic N) is 4. The van der Waals surface area contributed by atoms with E-state index in [4.69, 9.17) is 0 Å². The van der Waals surface area contributed by atoms with E-state index in [-0.39, 0.29) is 11.4 Å². The van der Waals surface area contributed by atoms with Gasteiger partial charge >= 0.3 is 6.18 Å². The number of benzene rings is 1. The SMILES string of the molecule is Cn1cnnc1SCC(=O)Nc1cc(C(F)(F)F)ccc1N1CCCC1. The summed E-state index contributed by atoms with van der Waals surface area (Å²) in [4.78, 5) is 14.2. The van der Waals surface area contributed by atoms with Crippen LogP contribution in [-0.2, 0) is 18.0 Å². The number of aromatic nitrogens is 3. The van der Waals surface area contributed by atoms with Crippen molar-refractivity contribution in [3.05, 3.63) is 30.1 Å². The van der Waals surface area contributed by atoms with Gasteiger partial charge in [-0.15, -0.1) is 10.2 Å². The first-order valence-corrected chi connectivity index (χ1v) is 9.06. The second kappa shape index (κ2) is 7.56. The van der Waals surface area contributed by atoms with Gasteiger partial charge in [0.25, 0.3) is 0 Å². The van der Waals surface area contributed by atoms with Crippen LogP contribution in [0.15, 0.2) is 29.7 Å². The Labute approximate surface area is 152 Å². The molecule has 1 saturated heterocycles. The Kier molecular flexibility index (Phi) is 5.40. The Morgan fingerprint density at radius 2 is 2.04 bits per heavy atom. The summed E-state index contributed by atoms with van der Waals surface area (Å²) in [6, 6.07) is 3.48. The van der Waals surface area contributed by atoms with Crippen LogP contribution in [0.2, 0.25) is 0 Å². The summed E-state index contributed by atoms with van der Waals surface area (Å²) in [6.45, 7) is 1.53. The second-order valence-corrected chi connectivity index (χ2v) is 6.93. The van der Waals surface area contributed by atoms with Crippen LogP contribution >= 0.6 is 11.8 Å². The van der Waals surface area contributed by atoms with Crippen molar-refractivity contribution >= 4 is 29.0 Å². The second-order valence-electron chi connectivity index (χ2n) is 5.99. The topological polar surface area (TPSA) is 63.1 Å². The summed E-state index contributed by atoms with van der Waals surface area (Å²) in [5.74, 6) is -0.361. The van der Waals surface area contributed by atoms with Gasteiger partial charge in [-0.1, -0.05) is 11.8 Å². The molecule has 1 aliphatic rings. The molecule has 0 spiro atoms. The van der Waals surface area contributed by atoms with Crippen molar-refractivity contribution in [3.8, 4) is 0 Å². The van der Waals surface area contributed by atoms with Crippen LogP contribution in [0.25, 0.3) is 0 Å². The standard InChI is InChI=1S/C16H18F3N5OS/c1-23-10-20-22-15(23)26-9-14(25)21-12-8-11(16(17,18)19)4-5-13(12)24-6-2-3-7-24/h4-5,8,10H,2-3,6-7,9H2,1H3,(H,21,25). The van der Waals surface area contributed by atoms with Crippen molar-refractivity contribution in [2.75, 3.05) is 29.1 Å². The van der Waals surface area contributed by atoms with Crippen molar-refractivity contribution in [2.45, 2.75) is 24.2 Å². The summed E-state index contributed by atoms with van der Waals surface area (Å²) in [5, 5.41) is 10.8. The summed E-state index contributed by atoms with van der Waals surface area (Å²) < 4.78 is 40.8. The van der Waals surface area contributed by atoms with Gasteiger partial charge in [-0.3, -0.25) is 4.79 Å². The minimum atomic E-state index is -4.46. The number of alkyl halides is 3. The van der Waals surface area contributed by atoms with Crippen LogP contribution < -0.4 is 10.2 Å². The average molecular weight is 385 g/mol. The van der Waals surface area contributed by atoms with Gasteiger partial charge in [0, 0.05) is 20.1 Å². The number of thioether (sulfide) groups is 1. The van der Waals surface area contributed by atoms with Gasteiger partial charge in [-0.2, -0.15) is 13.2 Å². The highest BCUT2D eigenvalue weighted by Crippen LogP contribution is 2.36. The number of anilines is 2. The highest BCUT2D eigenvalue weighted by molar-refractivity contribution is 7.99. The molecule has 1 amide bonds. The van der Waals surface area contributed by atoms with E-state index in [2.05, 4.69) is 15.5 Å². The third-order valence-corrected chi connectivity index (χ3v) is 5.08. The fourth-order valence-electron chi connectivity index (χ4n) is 2.77. The van der Waals surface area contributed by atoms with E-state index in [1.807, 2.05) is 4.90 Å². The van der Waals surface area contributed by atoms with Crippen LogP contribution in [0.4, 0.5) is 24.5 Å². The Morgan fingerprint density at radius 3 is 2.65 bits per heavy atom. The van der Waals surface area contributed by atoms with E-state index in [9.17, 15) is 18.0 Å². The van der Waals surface area contributed by atoms with E-state index >= 15 is 0 Å². The number of halogens is 3. The molecule has 2 heterocycles. The van der Waals surface area contributed by atoms with Crippen LogP contribution in [-0.4, -0.2) is 39.5 Å². The normalized spacial score (nSPS) is 14.7. The molecule has 1 aliphatic heterocycles. The highest BCUT2D eigenvalue weighted by atomic mass is 32.2. The summed E-state index contributed by atoms with van der Waals surface area (Å²) in [7, 11) is 1.75. The van der Waals surface area contributed by atoms with Crippen molar-refractivity contribution < 1.29 is 18.0 Å². The quantitative estimate of drug-likeness (QED) is 0.801. The molecule has 3 rings (SSSR count). The fourth-order valence-corrected chi connectivity index (χ4v) is 3.45. The number of carbonyl (C=O) groups is 1. The van der Waals surface area contributed by atoms with Crippen LogP contribution in [0.3, 0.4) is 0 Å². The van der Waals surface area contributed by atoms with Crippen LogP contribution in [0, 0.1) is 0 Å². The number of rotatable bonds is 5. The molecule has 1 N–H and O–H groups in total. The number of nitrogens with one attached hydrogen (secondary N) is 1. The lowest BCUT2D eigenvalue weighted by molar-refractivity contribution is -0.137. The van der Waals surface area contributed by atoms with Gasteiger partial charge < -0.3 is 14.8 Å². The molecular formula is C16H18F3N5OS. The van der Waals surface area contributed by atoms with E-state index in [1.165, 1.54) is 24.2 Å². The number of carbonyl (C=O) groups excluding carboxylic acids is 1. The van der Waals surface area contributed by atoms with Crippen molar-refractivity contribution in [2.24, 2.45) is 7.05 Å². The molecule has 0 bridgehead atoms. The maximum Gasteiger partial charge on any atom is 0.416 e. The zero-order chi connectivity index (χ0) is 18.7. The van der Waals surface area contributed by atoms with Gasteiger partial charge in [0.2, 0.25) is 5.91 Å². The predicted octanol–water partition coefficient (Wildman–Crippen LogP) is 3.16. The third kappa shape index (κ3) is 4.29. The minimum absolute atomic E-state index is 0.0300. The van der Waals surface area contributed by atoms with Crippen LogP contribution in [0.1, 0.15) is 18.4 Å². The Balaban J connectivity index is 1.77. The molecule has 26 heavy (non-hydrogen) atoms.